The van der Waals surface area contributed by atoms with E-state index in [4.69, 9.17) is 0 Å². The zero-order chi connectivity index (χ0) is 19.6. The standard InChI is InChI=1S/C25H28N4/c1-19-21(18-24(27-19)20-6-3-2-4-7-20)11-13-28-14-16-29(17-15-28)25-9-5-8-23-22(25)10-12-26-23/h2-10,12,18,26-27H,11,13-17H2,1H3. The summed E-state index contributed by atoms with van der Waals surface area (Å²) in [5, 5.41) is 1.33. The van der Waals surface area contributed by atoms with Gasteiger partial charge in [0.1, 0.15) is 0 Å². The number of piperazine rings is 1. The van der Waals surface area contributed by atoms with Crippen LogP contribution in [-0.4, -0.2) is 47.6 Å². The summed E-state index contributed by atoms with van der Waals surface area (Å²) >= 11 is 0. The van der Waals surface area contributed by atoms with Crippen LogP contribution in [0.2, 0.25) is 0 Å². The Morgan fingerprint density at radius 1 is 0.897 bits per heavy atom. The molecule has 1 saturated heterocycles. The van der Waals surface area contributed by atoms with E-state index in [1.165, 1.54) is 39.1 Å². The molecule has 4 heteroatoms. The van der Waals surface area contributed by atoms with Crippen LogP contribution in [0.3, 0.4) is 0 Å². The minimum atomic E-state index is 1.09. The first-order valence-electron chi connectivity index (χ1n) is 10.6. The van der Waals surface area contributed by atoms with Gasteiger partial charge < -0.3 is 14.9 Å². The van der Waals surface area contributed by atoms with Gasteiger partial charge in [-0.15, -0.1) is 0 Å². The fraction of sp³-hybridized carbons (Fsp3) is 0.280. The summed E-state index contributed by atoms with van der Waals surface area (Å²) in [6.45, 7) is 7.73. The molecule has 2 N–H and O–H groups in total. The molecule has 0 saturated carbocycles. The van der Waals surface area contributed by atoms with Crippen molar-refractivity contribution in [1.82, 2.24) is 14.9 Å². The molecular formula is C25H28N4. The molecule has 29 heavy (non-hydrogen) atoms. The summed E-state index contributed by atoms with van der Waals surface area (Å²) < 4.78 is 0. The molecule has 3 heterocycles. The molecule has 0 amide bonds. The number of rotatable bonds is 5. The number of anilines is 1. The molecule has 0 radical (unpaired) electrons. The van der Waals surface area contributed by atoms with E-state index >= 15 is 0 Å². The van der Waals surface area contributed by atoms with E-state index in [-0.39, 0.29) is 0 Å². The van der Waals surface area contributed by atoms with Crippen LogP contribution >= 0.6 is 0 Å². The van der Waals surface area contributed by atoms with Gasteiger partial charge in [0, 0.05) is 66.9 Å². The Balaban J connectivity index is 1.20. The van der Waals surface area contributed by atoms with E-state index in [2.05, 4.69) is 87.4 Å². The van der Waals surface area contributed by atoms with Gasteiger partial charge in [-0.3, -0.25) is 4.90 Å². The van der Waals surface area contributed by atoms with Crippen LogP contribution in [0.1, 0.15) is 11.3 Å². The molecule has 4 nitrogen and oxygen atoms in total. The lowest BCUT2D eigenvalue weighted by atomic mass is 10.1. The molecule has 1 aliphatic rings. The first kappa shape index (κ1) is 18.1. The van der Waals surface area contributed by atoms with Crippen LogP contribution < -0.4 is 4.90 Å². The molecule has 1 fully saturated rings. The number of fused-ring (bicyclic) bond motifs is 1. The highest BCUT2D eigenvalue weighted by atomic mass is 15.3. The summed E-state index contributed by atoms with van der Waals surface area (Å²) in [5.74, 6) is 0. The van der Waals surface area contributed by atoms with Crippen LogP contribution in [-0.2, 0) is 6.42 Å². The zero-order valence-electron chi connectivity index (χ0n) is 17.0. The fourth-order valence-electron chi connectivity index (χ4n) is 4.47. The van der Waals surface area contributed by atoms with Crippen molar-refractivity contribution in [3.8, 4) is 11.3 Å². The molecule has 0 aliphatic carbocycles. The van der Waals surface area contributed by atoms with Gasteiger partial charge in [0.2, 0.25) is 0 Å². The van der Waals surface area contributed by atoms with E-state index in [1.807, 2.05) is 6.20 Å². The second kappa shape index (κ2) is 7.80. The predicted molar refractivity (Wildman–Crippen MR) is 122 cm³/mol. The zero-order valence-corrected chi connectivity index (χ0v) is 17.0. The van der Waals surface area contributed by atoms with Gasteiger partial charge in [0.15, 0.2) is 0 Å². The van der Waals surface area contributed by atoms with Gasteiger partial charge in [-0.1, -0.05) is 36.4 Å². The van der Waals surface area contributed by atoms with Gasteiger partial charge in [-0.25, -0.2) is 0 Å². The van der Waals surface area contributed by atoms with Gasteiger partial charge in [-0.05, 0) is 48.7 Å². The molecule has 148 valence electrons. The van der Waals surface area contributed by atoms with E-state index in [1.54, 1.807) is 0 Å². The molecule has 0 atom stereocenters. The van der Waals surface area contributed by atoms with Crippen molar-refractivity contribution < 1.29 is 0 Å². The third-order valence-electron chi connectivity index (χ3n) is 6.19. The highest BCUT2D eigenvalue weighted by molar-refractivity contribution is 5.92. The Kier molecular flexibility index (Phi) is 4.86. The average molecular weight is 385 g/mol. The van der Waals surface area contributed by atoms with Crippen LogP contribution in [0.4, 0.5) is 5.69 Å². The third-order valence-corrected chi connectivity index (χ3v) is 6.19. The molecule has 2 aromatic carbocycles. The van der Waals surface area contributed by atoms with E-state index < -0.39 is 0 Å². The summed E-state index contributed by atoms with van der Waals surface area (Å²) in [5.41, 5.74) is 7.79. The molecule has 5 rings (SSSR count). The van der Waals surface area contributed by atoms with Crippen LogP contribution in [0.15, 0.2) is 66.9 Å². The molecule has 4 aromatic rings. The van der Waals surface area contributed by atoms with Crippen molar-refractivity contribution in [2.45, 2.75) is 13.3 Å². The highest BCUT2D eigenvalue weighted by Gasteiger charge is 2.19. The van der Waals surface area contributed by atoms with E-state index in [0.29, 0.717) is 0 Å². The number of benzene rings is 2. The van der Waals surface area contributed by atoms with Crippen molar-refractivity contribution >= 4 is 16.6 Å². The molecule has 2 aromatic heterocycles. The van der Waals surface area contributed by atoms with Crippen LogP contribution in [0, 0.1) is 6.92 Å². The Morgan fingerprint density at radius 2 is 1.72 bits per heavy atom. The summed E-state index contributed by atoms with van der Waals surface area (Å²) in [6, 6.07) is 21.7. The Labute approximate surface area is 172 Å². The molecule has 0 spiro atoms. The monoisotopic (exact) mass is 384 g/mol. The highest BCUT2D eigenvalue weighted by Crippen LogP contribution is 2.27. The third kappa shape index (κ3) is 3.68. The first-order valence-corrected chi connectivity index (χ1v) is 10.6. The maximum atomic E-state index is 3.56. The summed E-state index contributed by atoms with van der Waals surface area (Å²) in [6.07, 6.45) is 3.13. The topological polar surface area (TPSA) is 38.1 Å². The van der Waals surface area contributed by atoms with Gasteiger partial charge in [-0.2, -0.15) is 0 Å². The molecule has 0 bridgehead atoms. The summed E-state index contributed by atoms with van der Waals surface area (Å²) in [4.78, 5) is 12.0. The lowest BCUT2D eigenvalue weighted by Crippen LogP contribution is -2.47. The maximum absolute atomic E-state index is 3.56. The molecule has 1 aliphatic heterocycles. The minimum Gasteiger partial charge on any atom is -0.368 e. The van der Waals surface area contributed by atoms with Gasteiger partial charge in [0.05, 0.1) is 0 Å². The Bertz CT molecular complexity index is 1080. The van der Waals surface area contributed by atoms with Crippen LogP contribution in [0.25, 0.3) is 22.2 Å². The maximum Gasteiger partial charge on any atom is 0.0474 e. The number of H-pyrrole nitrogens is 2. The second-order valence-corrected chi connectivity index (χ2v) is 7.99. The fourth-order valence-corrected chi connectivity index (χ4v) is 4.47. The largest absolute Gasteiger partial charge is 0.368 e. The van der Waals surface area contributed by atoms with E-state index in [9.17, 15) is 0 Å². The number of aromatic nitrogens is 2. The number of aromatic amines is 2. The SMILES string of the molecule is Cc1[nH]c(-c2ccccc2)cc1CCN1CCN(c2cccc3[nH]ccc23)CC1. The van der Waals surface area contributed by atoms with Crippen molar-refractivity contribution in [2.24, 2.45) is 0 Å². The Morgan fingerprint density at radius 3 is 2.55 bits per heavy atom. The van der Waals surface area contributed by atoms with Gasteiger partial charge >= 0.3 is 0 Å². The van der Waals surface area contributed by atoms with Crippen molar-refractivity contribution in [1.29, 1.82) is 0 Å². The summed E-state index contributed by atoms with van der Waals surface area (Å²) in [7, 11) is 0. The first-order chi connectivity index (χ1) is 14.3. The average Bonchev–Trinajstić information content (AvgIpc) is 3.40. The van der Waals surface area contributed by atoms with Gasteiger partial charge in [0.25, 0.3) is 0 Å². The molecule has 0 unspecified atom stereocenters. The second-order valence-electron chi connectivity index (χ2n) is 7.99. The number of aryl methyl sites for hydroxylation is 1. The van der Waals surface area contributed by atoms with Crippen molar-refractivity contribution in [3.63, 3.8) is 0 Å². The number of nitrogens with one attached hydrogen (secondary N) is 2. The lowest BCUT2D eigenvalue weighted by Gasteiger charge is -2.36. The number of hydrogen-bond acceptors (Lipinski definition) is 2. The lowest BCUT2D eigenvalue weighted by molar-refractivity contribution is 0.261. The number of hydrogen-bond donors (Lipinski definition) is 2. The Hall–Kier alpha value is -2.98. The minimum absolute atomic E-state index is 1.09. The van der Waals surface area contributed by atoms with Crippen LogP contribution in [0.5, 0.6) is 0 Å². The number of nitrogens with zero attached hydrogens (tertiary/aromatic N) is 2. The normalized spacial score (nSPS) is 15.3. The smallest absolute Gasteiger partial charge is 0.0474 e. The quantitative estimate of drug-likeness (QED) is 0.517. The van der Waals surface area contributed by atoms with E-state index in [0.717, 1.165) is 39.1 Å². The predicted octanol–water partition coefficient (Wildman–Crippen LogP) is 4.84. The van der Waals surface area contributed by atoms with Crippen molar-refractivity contribution in [3.05, 3.63) is 78.1 Å². The molecular weight excluding hydrogens is 356 g/mol. The van der Waals surface area contributed by atoms with Crippen molar-refractivity contribution in [2.75, 3.05) is 37.6 Å².